The number of aliphatic hydroxyl groups is 5. The number of rotatable bonds is 35. The number of hydrogen-bond acceptors (Lipinski definition) is 11. The van der Waals surface area contributed by atoms with Gasteiger partial charge in [0.05, 0.1) is 13.2 Å². The summed E-state index contributed by atoms with van der Waals surface area (Å²) in [5.41, 5.74) is 0. The van der Waals surface area contributed by atoms with E-state index in [1.807, 2.05) is 0 Å². The first-order valence-electron chi connectivity index (χ1n) is 21.2. The van der Waals surface area contributed by atoms with Crippen LogP contribution in [0.15, 0.2) is 24.3 Å². The fraction of sp³-hybridized carbons (Fsp3) is 0.878. The lowest BCUT2D eigenvalue weighted by molar-refractivity contribution is -0.220. The normalized spacial score (nSPS) is 23.6. The lowest BCUT2D eigenvalue weighted by Gasteiger charge is -2.41. The Morgan fingerprint density at radius 3 is 1.52 bits per heavy atom. The van der Waals surface area contributed by atoms with Gasteiger partial charge in [-0.05, 0) is 57.8 Å². The molecular weight excluding hydrogens is 715 g/mol. The van der Waals surface area contributed by atoms with Gasteiger partial charge in [-0.1, -0.05) is 128 Å². The Balaban J connectivity index is 2.43. The summed E-state index contributed by atoms with van der Waals surface area (Å²) in [6, 6.07) is 0. The van der Waals surface area contributed by atoms with Crippen molar-refractivity contribution in [3.63, 3.8) is 0 Å². The Bertz CT molecular complexity index is 995. The van der Waals surface area contributed by atoms with Crippen molar-refractivity contribution in [3.8, 4) is 0 Å². The van der Waals surface area contributed by atoms with Crippen molar-refractivity contribution in [2.45, 2.75) is 211 Å². The molecule has 0 aromatic heterocycles. The van der Waals surface area contributed by atoms with E-state index in [4.69, 9.17) is 18.5 Å². The zero-order chi connectivity index (χ0) is 39.9. The highest BCUT2D eigenvalue weighted by Gasteiger charge is 2.51. The van der Waals surface area contributed by atoms with E-state index in [0.29, 0.717) is 13.0 Å². The third-order valence-corrected chi connectivity index (χ3v) is 10.8. The van der Waals surface area contributed by atoms with Crippen molar-refractivity contribution in [1.29, 1.82) is 0 Å². The molecule has 0 radical (unpaired) electrons. The second kappa shape index (κ2) is 32.9. The Hall–Kier alpha value is -1.18. The fourth-order valence-electron chi connectivity index (χ4n) is 6.33. The van der Waals surface area contributed by atoms with E-state index in [-0.39, 0.29) is 13.0 Å². The maximum Gasteiger partial charge on any atom is 0.472 e. The number of allylic oxidation sites excluding steroid dienone is 4. The molecule has 54 heavy (non-hydrogen) atoms. The number of hydrogen-bond donors (Lipinski definition) is 6. The van der Waals surface area contributed by atoms with E-state index in [9.17, 15) is 39.8 Å². The number of unbranched alkanes of at least 4 members (excludes halogenated alkanes) is 19. The Morgan fingerprint density at radius 2 is 1.00 bits per heavy atom. The van der Waals surface area contributed by atoms with E-state index in [0.717, 1.165) is 70.6 Å². The number of aliphatic hydroxyl groups excluding tert-OH is 5. The Morgan fingerprint density at radius 1 is 0.574 bits per heavy atom. The van der Waals surface area contributed by atoms with Gasteiger partial charge in [0.25, 0.3) is 0 Å². The van der Waals surface area contributed by atoms with Crippen LogP contribution in [0.2, 0.25) is 0 Å². The first-order valence-corrected chi connectivity index (χ1v) is 22.7. The third-order valence-electron chi connectivity index (χ3n) is 9.80. The van der Waals surface area contributed by atoms with Gasteiger partial charge in [0.1, 0.15) is 42.7 Å². The van der Waals surface area contributed by atoms with Crippen molar-refractivity contribution in [3.05, 3.63) is 24.3 Å². The highest BCUT2D eigenvalue weighted by molar-refractivity contribution is 7.47. The molecule has 0 amide bonds. The predicted octanol–water partition coefficient (Wildman–Crippen LogP) is 7.75. The van der Waals surface area contributed by atoms with Crippen LogP contribution in [-0.2, 0) is 27.9 Å². The topological polar surface area (TPSA) is 192 Å². The van der Waals surface area contributed by atoms with E-state index >= 15 is 0 Å². The van der Waals surface area contributed by atoms with Crippen LogP contribution < -0.4 is 0 Å². The van der Waals surface area contributed by atoms with Gasteiger partial charge in [-0.2, -0.15) is 0 Å². The summed E-state index contributed by atoms with van der Waals surface area (Å²) in [5, 5.41) is 50.0. The molecule has 1 aliphatic rings. The second-order valence-electron chi connectivity index (χ2n) is 14.8. The maximum absolute atomic E-state index is 12.8. The average Bonchev–Trinajstić information content (AvgIpc) is 3.15. The SMILES string of the molecule is CCCC/C=C\CCCCCCCC(=O)OC(COCCCCCCCC/C=C\CCCCCCCC)COP(=O)(O)OC1C(O)C(O)C(O)C(O)C1O. The van der Waals surface area contributed by atoms with Crippen LogP contribution in [0, 0.1) is 0 Å². The molecule has 1 saturated carbocycles. The van der Waals surface area contributed by atoms with Crippen molar-refractivity contribution in [2.24, 2.45) is 0 Å². The van der Waals surface area contributed by atoms with Gasteiger partial charge < -0.3 is 39.9 Å². The van der Waals surface area contributed by atoms with E-state index in [1.165, 1.54) is 70.6 Å². The standard InChI is InChI=1S/C41H77O12P/c1-3-5-7-9-11-13-15-16-17-18-19-21-23-25-27-29-31-50-32-34(52-35(42)30-28-26-24-22-20-14-12-10-8-6-4-2)33-51-54(48,49)53-41-39(46)37(44)36(43)38(45)40(41)47/h10,12,16-17,34,36-41,43-47H,3-9,11,13-15,18-33H2,1-2H3,(H,48,49)/b12-10-,17-16-. The van der Waals surface area contributed by atoms with Crippen LogP contribution in [0.3, 0.4) is 0 Å². The first kappa shape index (κ1) is 50.8. The van der Waals surface area contributed by atoms with Crippen LogP contribution in [-0.4, -0.2) is 98.9 Å². The molecule has 0 bridgehead atoms. The van der Waals surface area contributed by atoms with E-state index < -0.39 is 63.1 Å². The molecule has 1 aliphatic carbocycles. The molecule has 0 heterocycles. The minimum Gasteiger partial charge on any atom is -0.457 e. The summed E-state index contributed by atoms with van der Waals surface area (Å²) in [6.45, 7) is 4.18. The first-order chi connectivity index (χ1) is 26.0. The summed E-state index contributed by atoms with van der Waals surface area (Å²) in [5.74, 6) is -0.490. The Labute approximate surface area is 326 Å². The summed E-state index contributed by atoms with van der Waals surface area (Å²) in [4.78, 5) is 23.0. The molecule has 1 fully saturated rings. The minimum absolute atomic E-state index is 0.0825. The molecule has 6 atom stereocenters. The monoisotopic (exact) mass is 793 g/mol. The zero-order valence-corrected chi connectivity index (χ0v) is 34.4. The lowest BCUT2D eigenvalue weighted by Crippen LogP contribution is -2.64. The number of ether oxygens (including phenoxy) is 2. The molecule has 0 spiro atoms. The highest BCUT2D eigenvalue weighted by atomic mass is 31.2. The van der Waals surface area contributed by atoms with E-state index in [2.05, 4.69) is 38.2 Å². The number of carbonyl (C=O) groups excluding carboxylic acids is 1. The van der Waals surface area contributed by atoms with Gasteiger partial charge in [-0.15, -0.1) is 0 Å². The maximum atomic E-state index is 12.8. The number of phosphoric acid groups is 1. The van der Waals surface area contributed by atoms with Crippen LogP contribution in [0.5, 0.6) is 0 Å². The van der Waals surface area contributed by atoms with Crippen molar-refractivity contribution in [2.75, 3.05) is 19.8 Å². The zero-order valence-electron chi connectivity index (χ0n) is 33.5. The fourth-order valence-corrected chi connectivity index (χ4v) is 7.30. The largest absolute Gasteiger partial charge is 0.472 e. The van der Waals surface area contributed by atoms with Gasteiger partial charge in [0, 0.05) is 13.0 Å². The predicted molar refractivity (Wildman–Crippen MR) is 212 cm³/mol. The van der Waals surface area contributed by atoms with E-state index in [1.54, 1.807) is 0 Å². The van der Waals surface area contributed by atoms with Gasteiger partial charge in [0.2, 0.25) is 0 Å². The van der Waals surface area contributed by atoms with Crippen LogP contribution in [0.4, 0.5) is 0 Å². The van der Waals surface area contributed by atoms with Gasteiger partial charge in [-0.25, -0.2) is 4.57 Å². The van der Waals surface area contributed by atoms with Crippen molar-refractivity contribution < 1.29 is 58.3 Å². The van der Waals surface area contributed by atoms with Crippen molar-refractivity contribution >= 4 is 13.8 Å². The van der Waals surface area contributed by atoms with Gasteiger partial charge in [-0.3, -0.25) is 13.8 Å². The molecule has 6 unspecified atom stereocenters. The van der Waals surface area contributed by atoms with Gasteiger partial charge in [0.15, 0.2) is 0 Å². The highest BCUT2D eigenvalue weighted by Crippen LogP contribution is 2.47. The quantitative estimate of drug-likeness (QED) is 0.0159. The smallest absolute Gasteiger partial charge is 0.457 e. The van der Waals surface area contributed by atoms with Crippen LogP contribution in [0.25, 0.3) is 0 Å². The average molecular weight is 793 g/mol. The summed E-state index contributed by atoms with van der Waals surface area (Å²) in [6.07, 6.45) is 22.6. The molecule has 0 aromatic carbocycles. The molecule has 0 aliphatic heterocycles. The van der Waals surface area contributed by atoms with Gasteiger partial charge >= 0.3 is 13.8 Å². The summed E-state index contributed by atoms with van der Waals surface area (Å²) < 4.78 is 34.0. The third kappa shape index (κ3) is 25.1. The molecule has 6 N–H and O–H groups in total. The number of phosphoric ester groups is 1. The second-order valence-corrected chi connectivity index (χ2v) is 16.2. The summed E-state index contributed by atoms with van der Waals surface area (Å²) in [7, 11) is -5.01. The molecule has 1 rings (SSSR count). The summed E-state index contributed by atoms with van der Waals surface area (Å²) >= 11 is 0. The molecule has 12 nitrogen and oxygen atoms in total. The van der Waals surface area contributed by atoms with Crippen LogP contribution in [0.1, 0.15) is 168 Å². The Kier molecular flexibility index (Phi) is 30.9. The molecule has 0 aromatic rings. The number of esters is 1. The van der Waals surface area contributed by atoms with Crippen LogP contribution >= 0.6 is 7.82 Å². The molecule has 0 saturated heterocycles. The molecular formula is C41H77O12P. The molecule has 318 valence electrons. The minimum atomic E-state index is -5.01. The molecule has 13 heteroatoms. The lowest BCUT2D eigenvalue weighted by atomic mass is 9.85. The van der Waals surface area contributed by atoms with Crippen molar-refractivity contribution in [1.82, 2.24) is 0 Å². The number of carbonyl (C=O) groups is 1.